The summed E-state index contributed by atoms with van der Waals surface area (Å²) in [6.45, 7) is 4.33. The van der Waals surface area contributed by atoms with Crippen LogP contribution in [-0.4, -0.2) is 28.7 Å². The van der Waals surface area contributed by atoms with E-state index in [-0.39, 0.29) is 12.8 Å². The molecular formula is C20H17ClN4O2S. The van der Waals surface area contributed by atoms with E-state index in [1.165, 1.54) is 11.3 Å². The quantitative estimate of drug-likeness (QED) is 0.623. The largest absolute Gasteiger partial charge is 0.454 e. The first-order valence-electron chi connectivity index (χ1n) is 8.95. The molecule has 3 aromatic rings. The number of hydrazone groups is 1. The number of fused-ring (bicyclic) bond motifs is 2. The Morgan fingerprint density at radius 2 is 1.86 bits per heavy atom. The van der Waals surface area contributed by atoms with E-state index in [9.17, 15) is 0 Å². The Balaban J connectivity index is 1.71. The van der Waals surface area contributed by atoms with Crippen LogP contribution in [0.1, 0.15) is 28.6 Å². The number of nitrogens with zero attached hydrogens (tertiary/aromatic N) is 4. The second-order valence-electron chi connectivity index (χ2n) is 6.82. The minimum atomic E-state index is 0.108. The Kier molecular flexibility index (Phi) is 4.21. The van der Waals surface area contributed by atoms with Crippen LogP contribution in [0.5, 0.6) is 11.5 Å². The van der Waals surface area contributed by atoms with Gasteiger partial charge in [-0.2, -0.15) is 5.10 Å². The Morgan fingerprint density at radius 3 is 2.57 bits per heavy atom. The fourth-order valence-electron chi connectivity index (χ4n) is 3.47. The standard InChI is InChI=1S/C20H17ClN4O2S/c1-11-7-14-8-17-18(27-10-26-17)9-16(14)19(13-3-5-15(21)6-4-13)24-25(11)20-23-22-12(2)28-20/h3-6,8-9,11H,7,10H2,1-2H3/t11-/m1/s1. The van der Waals surface area contributed by atoms with Gasteiger partial charge in [0.25, 0.3) is 0 Å². The zero-order valence-corrected chi connectivity index (χ0v) is 16.9. The molecule has 142 valence electrons. The summed E-state index contributed by atoms with van der Waals surface area (Å²) in [7, 11) is 0. The maximum Gasteiger partial charge on any atom is 0.231 e. The third-order valence-electron chi connectivity index (χ3n) is 4.82. The van der Waals surface area contributed by atoms with Gasteiger partial charge in [-0.05, 0) is 50.1 Å². The van der Waals surface area contributed by atoms with E-state index in [2.05, 4.69) is 23.2 Å². The third-order valence-corrected chi connectivity index (χ3v) is 5.90. The zero-order chi connectivity index (χ0) is 19.3. The lowest BCUT2D eigenvalue weighted by Gasteiger charge is -2.21. The Labute approximate surface area is 171 Å². The number of benzene rings is 2. The fraction of sp³-hybridized carbons (Fsp3) is 0.250. The summed E-state index contributed by atoms with van der Waals surface area (Å²) < 4.78 is 11.2. The van der Waals surface area contributed by atoms with Gasteiger partial charge in [-0.1, -0.05) is 35.1 Å². The van der Waals surface area contributed by atoms with Crippen LogP contribution in [0.25, 0.3) is 0 Å². The van der Waals surface area contributed by atoms with Crippen molar-refractivity contribution in [3.05, 3.63) is 63.1 Å². The van der Waals surface area contributed by atoms with Crippen molar-refractivity contribution in [2.45, 2.75) is 26.3 Å². The maximum atomic E-state index is 6.11. The Morgan fingerprint density at radius 1 is 1.11 bits per heavy atom. The van der Waals surface area contributed by atoms with E-state index in [0.717, 1.165) is 50.5 Å². The molecule has 8 heteroatoms. The highest BCUT2D eigenvalue weighted by Gasteiger charge is 2.29. The van der Waals surface area contributed by atoms with Crippen molar-refractivity contribution in [1.82, 2.24) is 10.2 Å². The zero-order valence-electron chi connectivity index (χ0n) is 15.3. The van der Waals surface area contributed by atoms with Crippen molar-refractivity contribution in [3.63, 3.8) is 0 Å². The number of hydrogen-bond acceptors (Lipinski definition) is 7. The molecule has 0 spiro atoms. The van der Waals surface area contributed by atoms with Crippen LogP contribution < -0.4 is 14.5 Å². The van der Waals surface area contributed by atoms with Crippen LogP contribution in [0, 0.1) is 6.92 Å². The van der Waals surface area contributed by atoms with Crippen LogP contribution in [0.4, 0.5) is 5.13 Å². The van der Waals surface area contributed by atoms with E-state index in [1.54, 1.807) is 0 Å². The topological polar surface area (TPSA) is 59.8 Å². The molecule has 0 bridgehead atoms. The predicted octanol–water partition coefficient (Wildman–Crippen LogP) is 4.43. The lowest BCUT2D eigenvalue weighted by molar-refractivity contribution is 0.174. The average Bonchev–Trinajstić information content (AvgIpc) is 3.28. The summed E-state index contributed by atoms with van der Waals surface area (Å²) in [5, 5.41) is 17.8. The third kappa shape index (κ3) is 3.00. The average molecular weight is 413 g/mol. The summed E-state index contributed by atoms with van der Waals surface area (Å²) in [4.78, 5) is 0. The van der Waals surface area contributed by atoms with Crippen LogP contribution >= 0.6 is 22.9 Å². The molecule has 2 aliphatic rings. The molecule has 0 saturated heterocycles. The second-order valence-corrected chi connectivity index (χ2v) is 8.42. The van der Waals surface area contributed by atoms with Crippen molar-refractivity contribution in [2.75, 3.05) is 11.8 Å². The second kappa shape index (κ2) is 6.76. The van der Waals surface area contributed by atoms with Crippen molar-refractivity contribution >= 4 is 33.8 Å². The van der Waals surface area contributed by atoms with Crippen LogP contribution in [0.2, 0.25) is 5.02 Å². The molecule has 0 N–H and O–H groups in total. The molecular weight excluding hydrogens is 396 g/mol. The molecule has 2 aliphatic heterocycles. The Bertz CT molecular complexity index is 1080. The van der Waals surface area contributed by atoms with E-state index in [0.29, 0.717) is 5.02 Å². The number of ether oxygens (including phenoxy) is 2. The van der Waals surface area contributed by atoms with Gasteiger partial charge in [0.05, 0.1) is 11.8 Å². The fourth-order valence-corrected chi connectivity index (χ4v) is 4.34. The molecule has 0 saturated carbocycles. The van der Waals surface area contributed by atoms with Gasteiger partial charge in [-0.25, -0.2) is 5.01 Å². The van der Waals surface area contributed by atoms with Gasteiger partial charge < -0.3 is 9.47 Å². The first kappa shape index (κ1) is 17.5. The molecule has 1 atom stereocenters. The highest BCUT2D eigenvalue weighted by atomic mass is 35.5. The minimum Gasteiger partial charge on any atom is -0.454 e. The number of rotatable bonds is 2. The Hall–Kier alpha value is -2.64. The summed E-state index contributed by atoms with van der Waals surface area (Å²) in [5.41, 5.74) is 4.02. The van der Waals surface area contributed by atoms with Gasteiger partial charge in [0.15, 0.2) is 11.5 Å². The highest BCUT2D eigenvalue weighted by molar-refractivity contribution is 7.15. The summed E-state index contributed by atoms with van der Waals surface area (Å²) in [6, 6.07) is 11.9. The number of halogens is 1. The van der Waals surface area contributed by atoms with E-state index in [4.69, 9.17) is 26.2 Å². The van der Waals surface area contributed by atoms with E-state index in [1.807, 2.05) is 42.3 Å². The van der Waals surface area contributed by atoms with Crippen molar-refractivity contribution in [1.29, 1.82) is 0 Å². The molecule has 2 aromatic carbocycles. The van der Waals surface area contributed by atoms with Gasteiger partial charge in [-0.15, -0.1) is 10.2 Å². The maximum absolute atomic E-state index is 6.11. The normalized spacial score (nSPS) is 17.9. The monoisotopic (exact) mass is 412 g/mol. The van der Waals surface area contributed by atoms with E-state index < -0.39 is 0 Å². The van der Waals surface area contributed by atoms with Gasteiger partial charge in [0.1, 0.15) is 5.01 Å². The molecule has 0 aliphatic carbocycles. The lowest BCUT2D eigenvalue weighted by Crippen LogP contribution is -2.29. The first-order chi connectivity index (χ1) is 13.6. The van der Waals surface area contributed by atoms with Crippen molar-refractivity contribution < 1.29 is 9.47 Å². The summed E-state index contributed by atoms with van der Waals surface area (Å²) >= 11 is 7.64. The van der Waals surface area contributed by atoms with Gasteiger partial charge >= 0.3 is 0 Å². The predicted molar refractivity (Wildman–Crippen MR) is 110 cm³/mol. The van der Waals surface area contributed by atoms with E-state index >= 15 is 0 Å². The van der Waals surface area contributed by atoms with Crippen LogP contribution in [0.3, 0.4) is 0 Å². The van der Waals surface area contributed by atoms with Gasteiger partial charge in [0, 0.05) is 16.1 Å². The van der Waals surface area contributed by atoms with Crippen molar-refractivity contribution in [3.8, 4) is 11.5 Å². The molecule has 28 heavy (non-hydrogen) atoms. The smallest absolute Gasteiger partial charge is 0.231 e. The minimum absolute atomic E-state index is 0.108. The SMILES string of the molecule is Cc1nnc(N2N=C(c3ccc(Cl)cc3)c3cc4c(cc3C[C@H]2C)OCO4)s1. The molecule has 0 radical (unpaired) electrons. The number of hydrogen-bond donors (Lipinski definition) is 0. The number of anilines is 1. The molecule has 3 heterocycles. The highest BCUT2D eigenvalue weighted by Crippen LogP contribution is 2.38. The molecule has 0 fully saturated rings. The van der Waals surface area contributed by atoms with Crippen molar-refractivity contribution in [2.24, 2.45) is 5.10 Å². The summed E-state index contributed by atoms with van der Waals surface area (Å²) in [6.07, 6.45) is 0.797. The molecule has 0 unspecified atom stereocenters. The molecule has 0 amide bonds. The molecule has 6 nitrogen and oxygen atoms in total. The van der Waals surface area contributed by atoms with Crippen LogP contribution in [-0.2, 0) is 6.42 Å². The number of aryl methyl sites for hydroxylation is 1. The first-order valence-corrected chi connectivity index (χ1v) is 10.1. The summed E-state index contributed by atoms with van der Waals surface area (Å²) in [5.74, 6) is 1.52. The molecule has 1 aromatic heterocycles. The van der Waals surface area contributed by atoms with Gasteiger partial charge in [-0.3, -0.25) is 0 Å². The lowest BCUT2D eigenvalue weighted by atomic mass is 9.94. The number of aromatic nitrogens is 2. The van der Waals surface area contributed by atoms with Crippen LogP contribution in [0.15, 0.2) is 41.5 Å². The molecule has 5 rings (SSSR count). The van der Waals surface area contributed by atoms with Gasteiger partial charge in [0.2, 0.25) is 11.9 Å².